The lowest BCUT2D eigenvalue weighted by molar-refractivity contribution is 0.490. The number of halogens is 3. The van der Waals surface area contributed by atoms with E-state index >= 15 is 0 Å². The maximum absolute atomic E-state index is 13.7. The summed E-state index contributed by atoms with van der Waals surface area (Å²) < 4.78 is 32.4. The molecule has 1 N–H and O–H groups in total. The quantitative estimate of drug-likeness (QED) is 0.862. The highest BCUT2D eigenvalue weighted by Crippen LogP contribution is 2.27. The number of benzene rings is 1. The van der Waals surface area contributed by atoms with Crippen LogP contribution < -0.4 is 5.32 Å². The van der Waals surface area contributed by atoms with E-state index in [1.54, 1.807) is 0 Å². The number of nitrogens with one attached hydrogen (secondary N) is 1. The average molecular weight is 300 g/mol. The zero-order valence-electron chi connectivity index (χ0n) is 10.5. The summed E-state index contributed by atoms with van der Waals surface area (Å²) in [5.74, 6) is -1.07. The van der Waals surface area contributed by atoms with Crippen LogP contribution in [0.15, 0.2) is 16.5 Å². The number of aromatic nitrogens is 2. The Balaban J connectivity index is 1.73. The Morgan fingerprint density at radius 1 is 1.25 bits per heavy atom. The zero-order chi connectivity index (χ0) is 14.1. The molecule has 7 heteroatoms. The second-order valence-electron chi connectivity index (χ2n) is 4.73. The monoisotopic (exact) mass is 299 g/mol. The minimum atomic E-state index is -0.724. The van der Waals surface area contributed by atoms with Gasteiger partial charge in [-0.1, -0.05) is 11.6 Å². The van der Waals surface area contributed by atoms with Gasteiger partial charge in [-0.15, -0.1) is 10.2 Å². The molecule has 1 aliphatic carbocycles. The van der Waals surface area contributed by atoms with Crippen molar-refractivity contribution in [3.05, 3.63) is 34.7 Å². The SMILES string of the molecule is Fc1cc(-c2nnc(CCNC3CC3)o2)c(F)cc1Cl. The first-order valence-corrected chi connectivity index (χ1v) is 6.72. The van der Waals surface area contributed by atoms with Gasteiger partial charge in [0.25, 0.3) is 5.89 Å². The van der Waals surface area contributed by atoms with Crippen LogP contribution in [0.5, 0.6) is 0 Å². The van der Waals surface area contributed by atoms with Crippen molar-refractivity contribution >= 4 is 11.6 Å². The predicted molar refractivity (Wildman–Crippen MR) is 69.4 cm³/mol. The molecule has 2 aromatic rings. The Morgan fingerprint density at radius 3 is 2.80 bits per heavy atom. The molecule has 0 amide bonds. The van der Waals surface area contributed by atoms with Crippen molar-refractivity contribution in [2.45, 2.75) is 25.3 Å². The van der Waals surface area contributed by atoms with E-state index in [1.165, 1.54) is 12.8 Å². The summed E-state index contributed by atoms with van der Waals surface area (Å²) in [6, 6.07) is 2.45. The van der Waals surface area contributed by atoms with Gasteiger partial charge in [-0.3, -0.25) is 0 Å². The summed E-state index contributed by atoms with van der Waals surface area (Å²) in [6.45, 7) is 0.726. The molecule has 0 radical (unpaired) electrons. The van der Waals surface area contributed by atoms with Crippen LogP contribution >= 0.6 is 11.6 Å². The number of hydrogen-bond donors (Lipinski definition) is 1. The van der Waals surface area contributed by atoms with Crippen LogP contribution in [0.4, 0.5) is 8.78 Å². The fourth-order valence-electron chi connectivity index (χ4n) is 1.82. The molecule has 0 spiro atoms. The third-order valence-electron chi connectivity index (χ3n) is 3.06. The molecule has 20 heavy (non-hydrogen) atoms. The average Bonchev–Trinajstić information content (AvgIpc) is 3.11. The van der Waals surface area contributed by atoms with Crippen molar-refractivity contribution in [1.82, 2.24) is 15.5 Å². The van der Waals surface area contributed by atoms with Gasteiger partial charge in [-0.25, -0.2) is 8.78 Å². The lowest BCUT2D eigenvalue weighted by Crippen LogP contribution is -2.19. The van der Waals surface area contributed by atoms with Crippen LogP contribution in [0.25, 0.3) is 11.5 Å². The molecule has 0 unspecified atom stereocenters. The van der Waals surface area contributed by atoms with E-state index in [9.17, 15) is 8.78 Å². The maximum atomic E-state index is 13.7. The fraction of sp³-hybridized carbons (Fsp3) is 0.385. The molecular weight excluding hydrogens is 288 g/mol. The van der Waals surface area contributed by atoms with Crippen molar-refractivity contribution in [3.8, 4) is 11.5 Å². The summed E-state index contributed by atoms with van der Waals surface area (Å²) >= 11 is 5.49. The van der Waals surface area contributed by atoms with E-state index in [-0.39, 0.29) is 16.5 Å². The van der Waals surface area contributed by atoms with Gasteiger partial charge >= 0.3 is 0 Å². The van der Waals surface area contributed by atoms with E-state index in [0.717, 1.165) is 18.7 Å². The molecule has 3 rings (SSSR count). The standard InChI is InChI=1S/C13H12ClF2N3O/c14-9-6-10(15)8(5-11(9)16)13-19-18-12(20-13)3-4-17-7-1-2-7/h5-7,17H,1-4H2. The van der Waals surface area contributed by atoms with Gasteiger partial charge in [-0.05, 0) is 25.0 Å². The largest absolute Gasteiger partial charge is 0.421 e. The molecule has 106 valence electrons. The van der Waals surface area contributed by atoms with Crippen LogP contribution in [-0.4, -0.2) is 22.8 Å². The Kier molecular flexibility index (Phi) is 3.67. The topological polar surface area (TPSA) is 51.0 Å². The van der Waals surface area contributed by atoms with Crippen LogP contribution in [0.3, 0.4) is 0 Å². The summed E-state index contributed by atoms with van der Waals surface area (Å²) in [7, 11) is 0. The van der Waals surface area contributed by atoms with Gasteiger partial charge in [0.2, 0.25) is 5.89 Å². The third-order valence-corrected chi connectivity index (χ3v) is 3.35. The van der Waals surface area contributed by atoms with Gasteiger partial charge < -0.3 is 9.73 Å². The summed E-state index contributed by atoms with van der Waals surface area (Å²) in [6.07, 6.45) is 2.95. The third kappa shape index (κ3) is 2.96. The molecule has 0 atom stereocenters. The first-order chi connectivity index (χ1) is 9.63. The van der Waals surface area contributed by atoms with Crippen molar-refractivity contribution in [2.75, 3.05) is 6.54 Å². The molecular formula is C13H12ClF2N3O. The van der Waals surface area contributed by atoms with Gasteiger partial charge in [0.1, 0.15) is 11.6 Å². The fourth-order valence-corrected chi connectivity index (χ4v) is 1.97. The maximum Gasteiger partial charge on any atom is 0.250 e. The van der Waals surface area contributed by atoms with Crippen LogP contribution in [0.1, 0.15) is 18.7 Å². The number of rotatable bonds is 5. The van der Waals surface area contributed by atoms with E-state index in [4.69, 9.17) is 16.0 Å². The summed E-state index contributed by atoms with van der Waals surface area (Å²) in [5, 5.41) is 10.6. The predicted octanol–water partition coefficient (Wildman–Crippen LogP) is 2.96. The number of nitrogens with zero attached hydrogens (tertiary/aromatic N) is 2. The second-order valence-corrected chi connectivity index (χ2v) is 5.13. The number of hydrogen-bond acceptors (Lipinski definition) is 4. The molecule has 1 aromatic heterocycles. The van der Waals surface area contributed by atoms with Crippen molar-refractivity contribution in [2.24, 2.45) is 0 Å². The Bertz CT molecular complexity index is 628. The van der Waals surface area contributed by atoms with E-state index < -0.39 is 11.6 Å². The molecule has 1 aliphatic rings. The zero-order valence-corrected chi connectivity index (χ0v) is 11.3. The molecule has 0 aliphatic heterocycles. The van der Waals surface area contributed by atoms with Gasteiger partial charge in [0.05, 0.1) is 10.6 Å². The Labute approximate surface area is 119 Å². The highest BCUT2D eigenvalue weighted by Gasteiger charge is 2.20. The van der Waals surface area contributed by atoms with Crippen molar-refractivity contribution in [3.63, 3.8) is 0 Å². The lowest BCUT2D eigenvalue weighted by atomic mass is 10.2. The molecule has 4 nitrogen and oxygen atoms in total. The van der Waals surface area contributed by atoms with Crippen molar-refractivity contribution in [1.29, 1.82) is 0 Å². The molecule has 1 aromatic carbocycles. The Hall–Kier alpha value is -1.53. The lowest BCUT2D eigenvalue weighted by Gasteiger charge is -2.00. The van der Waals surface area contributed by atoms with E-state index in [2.05, 4.69) is 15.5 Å². The minimum Gasteiger partial charge on any atom is -0.421 e. The van der Waals surface area contributed by atoms with Crippen LogP contribution in [0.2, 0.25) is 5.02 Å². The van der Waals surface area contributed by atoms with Gasteiger partial charge in [-0.2, -0.15) is 0 Å². The molecule has 0 bridgehead atoms. The Morgan fingerprint density at radius 2 is 2.05 bits per heavy atom. The highest BCUT2D eigenvalue weighted by molar-refractivity contribution is 6.30. The van der Waals surface area contributed by atoms with E-state index in [1.807, 2.05) is 0 Å². The van der Waals surface area contributed by atoms with Crippen LogP contribution in [-0.2, 0) is 6.42 Å². The summed E-state index contributed by atoms with van der Waals surface area (Å²) in [5.41, 5.74) is -0.0826. The van der Waals surface area contributed by atoms with Gasteiger partial charge in [0, 0.05) is 19.0 Å². The van der Waals surface area contributed by atoms with Crippen molar-refractivity contribution < 1.29 is 13.2 Å². The minimum absolute atomic E-state index is 0.0421. The summed E-state index contributed by atoms with van der Waals surface area (Å²) in [4.78, 5) is 0. The normalized spacial score (nSPS) is 14.8. The van der Waals surface area contributed by atoms with Crippen LogP contribution in [0, 0.1) is 11.6 Å². The van der Waals surface area contributed by atoms with Gasteiger partial charge in [0.15, 0.2) is 0 Å². The second kappa shape index (κ2) is 5.46. The smallest absolute Gasteiger partial charge is 0.250 e. The highest BCUT2D eigenvalue weighted by atomic mass is 35.5. The molecule has 1 fully saturated rings. The first-order valence-electron chi connectivity index (χ1n) is 6.34. The first kappa shape index (κ1) is 13.5. The van der Waals surface area contributed by atoms with E-state index in [0.29, 0.717) is 18.4 Å². The molecule has 0 saturated heterocycles. The molecule has 1 heterocycles. The molecule has 1 saturated carbocycles.